The van der Waals surface area contributed by atoms with E-state index in [-0.39, 0.29) is 10.8 Å². The van der Waals surface area contributed by atoms with Gasteiger partial charge in [-0.2, -0.15) is 0 Å². The van der Waals surface area contributed by atoms with E-state index in [0.29, 0.717) is 13.1 Å². The number of benzene rings is 1. The van der Waals surface area contributed by atoms with E-state index >= 15 is 0 Å². The van der Waals surface area contributed by atoms with Gasteiger partial charge in [0.1, 0.15) is 5.69 Å². The summed E-state index contributed by atoms with van der Waals surface area (Å²) >= 11 is 22.7. The van der Waals surface area contributed by atoms with Crippen LogP contribution in [0, 0.1) is 20.2 Å². The fourth-order valence-corrected chi connectivity index (χ4v) is 2.66. The number of non-ortho nitro benzene ring substituents is 1. The third-order valence-electron chi connectivity index (χ3n) is 3.56. The van der Waals surface area contributed by atoms with Gasteiger partial charge >= 0.3 is 6.03 Å². The second-order valence-electron chi connectivity index (χ2n) is 5.41. The Kier molecular flexibility index (Phi) is 9.08. The highest BCUT2D eigenvalue weighted by Crippen LogP contribution is 2.31. The van der Waals surface area contributed by atoms with Gasteiger partial charge in [-0.3, -0.25) is 20.2 Å². The molecule has 1 atom stereocenters. The number of hydrogen-bond donors (Lipinski definition) is 3. The molecular formula is C14H17Cl3N6O5S. The van der Waals surface area contributed by atoms with Crippen molar-refractivity contribution in [2.75, 3.05) is 18.4 Å². The molecule has 0 saturated carbocycles. The molecule has 0 aromatic heterocycles. The first-order valence-corrected chi connectivity index (χ1v) is 9.57. The topological polar surface area (TPSA) is 143 Å². The van der Waals surface area contributed by atoms with Crippen molar-refractivity contribution in [2.45, 2.75) is 23.8 Å². The van der Waals surface area contributed by atoms with Gasteiger partial charge < -0.3 is 20.9 Å². The van der Waals surface area contributed by atoms with Crippen molar-refractivity contribution in [3.8, 4) is 0 Å². The van der Waals surface area contributed by atoms with E-state index in [4.69, 9.17) is 47.0 Å². The molecule has 0 bridgehead atoms. The van der Waals surface area contributed by atoms with Crippen LogP contribution in [0.3, 0.4) is 0 Å². The number of nitro benzene ring substituents is 2. The Balaban J connectivity index is 3.01. The Bertz CT molecular complexity index is 802. The summed E-state index contributed by atoms with van der Waals surface area (Å²) in [5, 5.41) is 29.3. The maximum absolute atomic E-state index is 12.2. The van der Waals surface area contributed by atoms with Gasteiger partial charge in [0.2, 0.25) is 3.79 Å². The van der Waals surface area contributed by atoms with Gasteiger partial charge in [0.25, 0.3) is 11.4 Å². The van der Waals surface area contributed by atoms with Crippen LogP contribution < -0.4 is 16.0 Å². The van der Waals surface area contributed by atoms with Gasteiger partial charge in [0, 0.05) is 19.2 Å². The molecule has 2 amide bonds. The molecule has 0 aliphatic heterocycles. The van der Waals surface area contributed by atoms with Crippen LogP contribution in [-0.2, 0) is 0 Å². The molecule has 29 heavy (non-hydrogen) atoms. The predicted molar refractivity (Wildman–Crippen MR) is 115 cm³/mol. The first-order chi connectivity index (χ1) is 13.4. The zero-order chi connectivity index (χ0) is 22.4. The average molecular weight is 488 g/mol. The van der Waals surface area contributed by atoms with Gasteiger partial charge in [0.05, 0.1) is 15.9 Å². The smallest absolute Gasteiger partial charge is 0.319 e. The maximum Gasteiger partial charge on any atom is 0.319 e. The number of alkyl halides is 3. The van der Waals surface area contributed by atoms with Crippen LogP contribution in [0.1, 0.15) is 13.8 Å². The van der Waals surface area contributed by atoms with E-state index in [1.54, 1.807) is 13.8 Å². The standard InChI is InChI=1S/C14H17Cl3N6O5S/c1-3-21(4-2)13(24)20-11(14(15,16)17)19-12(29)18-9-6-5-8(22(25)26)7-10(9)23(27)28/h5-7,11H,3-4H2,1-2H3,(H,20,24)(H2,18,19,29). The number of carbonyl (C=O) groups is 1. The van der Waals surface area contributed by atoms with E-state index in [0.717, 1.165) is 18.2 Å². The van der Waals surface area contributed by atoms with Crippen LogP contribution in [0.15, 0.2) is 18.2 Å². The molecule has 0 radical (unpaired) electrons. The summed E-state index contributed by atoms with van der Waals surface area (Å²) in [6.07, 6.45) is -1.28. The highest BCUT2D eigenvalue weighted by atomic mass is 35.6. The summed E-state index contributed by atoms with van der Waals surface area (Å²) in [4.78, 5) is 34.1. The Morgan fingerprint density at radius 2 is 1.76 bits per heavy atom. The van der Waals surface area contributed by atoms with Crippen LogP contribution in [0.4, 0.5) is 21.9 Å². The molecule has 0 saturated heterocycles. The van der Waals surface area contributed by atoms with E-state index in [9.17, 15) is 25.0 Å². The maximum atomic E-state index is 12.2. The molecule has 0 spiro atoms. The molecule has 11 nitrogen and oxygen atoms in total. The lowest BCUT2D eigenvalue weighted by atomic mass is 10.2. The zero-order valence-electron chi connectivity index (χ0n) is 15.1. The van der Waals surface area contributed by atoms with Crippen LogP contribution in [-0.4, -0.2) is 48.9 Å². The Morgan fingerprint density at radius 3 is 2.21 bits per heavy atom. The summed E-state index contributed by atoms with van der Waals surface area (Å²) in [6.45, 7) is 4.35. The predicted octanol–water partition coefficient (Wildman–Crippen LogP) is 3.54. The number of thiocarbonyl (C=S) groups is 1. The molecule has 3 N–H and O–H groups in total. The highest BCUT2D eigenvalue weighted by Gasteiger charge is 2.35. The zero-order valence-corrected chi connectivity index (χ0v) is 18.2. The molecule has 0 aliphatic rings. The first kappa shape index (κ1) is 24.9. The molecule has 0 fully saturated rings. The molecule has 0 heterocycles. The lowest BCUT2D eigenvalue weighted by Crippen LogP contribution is -2.58. The second kappa shape index (κ2) is 10.6. The number of nitrogens with zero attached hydrogens (tertiary/aromatic N) is 3. The molecule has 160 valence electrons. The van der Waals surface area contributed by atoms with Crippen LogP contribution in [0.25, 0.3) is 0 Å². The number of amides is 2. The van der Waals surface area contributed by atoms with Gasteiger partial charge in [-0.1, -0.05) is 34.8 Å². The minimum absolute atomic E-state index is 0.128. The lowest BCUT2D eigenvalue weighted by Gasteiger charge is -2.30. The Labute approximate surface area is 185 Å². The fourth-order valence-electron chi connectivity index (χ4n) is 2.11. The molecular weight excluding hydrogens is 471 g/mol. The quantitative estimate of drug-likeness (QED) is 0.174. The number of carbonyl (C=O) groups excluding carboxylic acids is 1. The van der Waals surface area contributed by atoms with E-state index in [1.165, 1.54) is 4.90 Å². The highest BCUT2D eigenvalue weighted by molar-refractivity contribution is 7.80. The summed E-state index contributed by atoms with van der Waals surface area (Å²) in [7, 11) is 0. The third kappa shape index (κ3) is 7.31. The van der Waals surface area contributed by atoms with Crippen molar-refractivity contribution >= 4 is 75.2 Å². The summed E-state index contributed by atoms with van der Waals surface area (Å²) in [5.41, 5.74) is -1.18. The molecule has 0 aliphatic carbocycles. The van der Waals surface area contributed by atoms with Gasteiger partial charge in [-0.05, 0) is 32.1 Å². The summed E-state index contributed by atoms with van der Waals surface area (Å²) in [5.74, 6) is 0. The van der Waals surface area contributed by atoms with Crippen LogP contribution in [0.2, 0.25) is 0 Å². The fraction of sp³-hybridized carbons (Fsp3) is 0.429. The van der Waals surface area contributed by atoms with Crippen molar-refractivity contribution in [2.24, 2.45) is 0 Å². The first-order valence-electron chi connectivity index (χ1n) is 8.03. The Morgan fingerprint density at radius 1 is 1.17 bits per heavy atom. The normalized spacial score (nSPS) is 11.9. The number of hydrogen-bond acceptors (Lipinski definition) is 6. The van der Waals surface area contributed by atoms with Crippen molar-refractivity contribution in [3.05, 3.63) is 38.4 Å². The SMILES string of the molecule is CCN(CC)C(=O)NC(NC(=S)Nc1ccc([N+](=O)[O-])cc1[N+](=O)[O-])C(Cl)(Cl)Cl. The number of nitro groups is 2. The minimum atomic E-state index is -2.02. The number of halogens is 3. The lowest BCUT2D eigenvalue weighted by molar-refractivity contribution is -0.393. The summed E-state index contributed by atoms with van der Waals surface area (Å²) in [6, 6.07) is 2.43. The average Bonchev–Trinajstić information content (AvgIpc) is 2.61. The van der Waals surface area contributed by atoms with Crippen molar-refractivity contribution < 1.29 is 14.6 Å². The molecule has 15 heteroatoms. The molecule has 1 rings (SSSR count). The molecule has 1 aromatic rings. The van der Waals surface area contributed by atoms with Crippen molar-refractivity contribution in [1.29, 1.82) is 0 Å². The van der Waals surface area contributed by atoms with E-state index in [1.807, 2.05) is 0 Å². The van der Waals surface area contributed by atoms with Crippen LogP contribution >= 0.6 is 47.0 Å². The minimum Gasteiger partial charge on any atom is -0.339 e. The largest absolute Gasteiger partial charge is 0.339 e. The van der Waals surface area contributed by atoms with Crippen molar-refractivity contribution in [3.63, 3.8) is 0 Å². The Hall–Kier alpha value is -2.15. The van der Waals surface area contributed by atoms with E-state index in [2.05, 4.69) is 16.0 Å². The van der Waals surface area contributed by atoms with Gasteiger partial charge in [-0.25, -0.2) is 4.79 Å². The van der Waals surface area contributed by atoms with Crippen molar-refractivity contribution in [1.82, 2.24) is 15.5 Å². The third-order valence-corrected chi connectivity index (χ3v) is 4.43. The van der Waals surface area contributed by atoms with E-state index < -0.39 is 37.2 Å². The summed E-state index contributed by atoms with van der Waals surface area (Å²) < 4.78 is -2.02. The van der Waals surface area contributed by atoms with Gasteiger partial charge in [-0.15, -0.1) is 0 Å². The van der Waals surface area contributed by atoms with Crippen LogP contribution in [0.5, 0.6) is 0 Å². The molecule has 1 unspecified atom stereocenters. The monoisotopic (exact) mass is 486 g/mol. The number of rotatable bonds is 7. The van der Waals surface area contributed by atoms with Gasteiger partial charge in [0.15, 0.2) is 11.3 Å². The number of anilines is 1. The number of nitrogens with one attached hydrogen (secondary N) is 3. The second-order valence-corrected chi connectivity index (χ2v) is 8.19. The number of urea groups is 1. The molecule has 1 aromatic carbocycles.